The van der Waals surface area contributed by atoms with Gasteiger partial charge in [-0.15, -0.1) is 11.3 Å². The number of oxime groups is 1. The summed E-state index contributed by atoms with van der Waals surface area (Å²) >= 11 is 1.33. The van der Waals surface area contributed by atoms with Gasteiger partial charge in [-0.2, -0.15) is 0 Å². The van der Waals surface area contributed by atoms with Crippen molar-refractivity contribution in [2.45, 2.75) is 12.2 Å². The number of para-hydroxylation sites is 2. The number of benzene rings is 3. The molecule has 0 bridgehead atoms. The predicted molar refractivity (Wildman–Crippen MR) is 134 cm³/mol. The fourth-order valence-corrected chi connectivity index (χ4v) is 5.36. The smallest absolute Gasteiger partial charge is 0.277 e. The molecule has 35 heavy (non-hydrogen) atoms. The average Bonchev–Trinajstić information content (AvgIpc) is 3.63. The average molecular weight is 481 g/mol. The first-order valence-electron chi connectivity index (χ1n) is 11.2. The summed E-state index contributed by atoms with van der Waals surface area (Å²) in [6.45, 7) is 0.351. The number of thiophene rings is 1. The summed E-state index contributed by atoms with van der Waals surface area (Å²) in [4.78, 5) is 33.8. The maximum absolute atomic E-state index is 13.9. The van der Waals surface area contributed by atoms with Crippen LogP contribution >= 0.6 is 11.3 Å². The van der Waals surface area contributed by atoms with Gasteiger partial charge in [-0.05, 0) is 35.2 Å². The molecule has 2 unspecified atom stereocenters. The molecular weight excluding hydrogens is 460 g/mol. The second-order valence-electron chi connectivity index (χ2n) is 8.35. The van der Waals surface area contributed by atoms with Crippen molar-refractivity contribution in [1.82, 2.24) is 0 Å². The van der Waals surface area contributed by atoms with E-state index in [0.29, 0.717) is 39.8 Å². The maximum Gasteiger partial charge on any atom is 0.277 e. The van der Waals surface area contributed by atoms with Gasteiger partial charge in [-0.25, -0.2) is 0 Å². The van der Waals surface area contributed by atoms with Crippen molar-refractivity contribution >= 4 is 34.4 Å². The van der Waals surface area contributed by atoms with Gasteiger partial charge in [-0.1, -0.05) is 71.9 Å². The highest BCUT2D eigenvalue weighted by Gasteiger charge is 2.63. The largest absolute Gasteiger partial charge is 0.488 e. The van der Waals surface area contributed by atoms with Crippen molar-refractivity contribution in [1.29, 1.82) is 0 Å². The summed E-state index contributed by atoms with van der Waals surface area (Å²) in [6, 6.07) is 28.1. The van der Waals surface area contributed by atoms with Crippen molar-refractivity contribution in [3.05, 3.63) is 118 Å². The Balaban J connectivity index is 1.45. The van der Waals surface area contributed by atoms with Gasteiger partial charge >= 0.3 is 0 Å². The Morgan fingerprint density at radius 2 is 1.74 bits per heavy atom. The number of ether oxygens (including phenoxy) is 1. The molecule has 3 aromatic carbocycles. The highest BCUT2D eigenvalue weighted by Crippen LogP contribution is 2.50. The van der Waals surface area contributed by atoms with Gasteiger partial charge in [0.1, 0.15) is 24.0 Å². The van der Waals surface area contributed by atoms with E-state index in [0.717, 1.165) is 5.56 Å². The molecular formula is C28H20N2O4S. The summed E-state index contributed by atoms with van der Waals surface area (Å²) in [5, 5.41) is 9.09. The topological polar surface area (TPSA) is 77.0 Å². The number of carbonyl (C=O) groups is 2. The maximum atomic E-state index is 13.9. The van der Waals surface area contributed by atoms with E-state index in [4.69, 9.17) is 9.57 Å². The van der Waals surface area contributed by atoms with Crippen LogP contribution in [0, 0.1) is 5.92 Å². The van der Waals surface area contributed by atoms with Crippen LogP contribution in [0.3, 0.4) is 0 Å². The zero-order chi connectivity index (χ0) is 23.8. The number of hydrogen-bond donors (Lipinski definition) is 1. The molecule has 0 radical (unpaired) electrons. The second-order valence-corrected chi connectivity index (χ2v) is 9.30. The Labute approximate surface area is 205 Å². The first-order chi connectivity index (χ1) is 17.2. The quantitative estimate of drug-likeness (QED) is 0.375. The van der Waals surface area contributed by atoms with Crippen molar-refractivity contribution in [3.8, 4) is 5.75 Å². The van der Waals surface area contributed by atoms with Crippen LogP contribution in [-0.2, 0) is 21.8 Å². The molecule has 0 fully saturated rings. The third-order valence-corrected chi connectivity index (χ3v) is 7.19. The first kappa shape index (κ1) is 21.3. The fraction of sp³-hybridized carbons (Fsp3) is 0.107. The van der Waals surface area contributed by atoms with Crippen molar-refractivity contribution < 1.29 is 19.2 Å². The van der Waals surface area contributed by atoms with Gasteiger partial charge in [0.15, 0.2) is 5.78 Å². The molecule has 1 aromatic heterocycles. The highest BCUT2D eigenvalue weighted by atomic mass is 32.1. The Kier molecular flexibility index (Phi) is 5.19. The highest BCUT2D eigenvalue weighted by molar-refractivity contribution is 7.12. The molecule has 2 aliphatic heterocycles. The Hall–Kier alpha value is -4.23. The van der Waals surface area contributed by atoms with Crippen LogP contribution in [0.5, 0.6) is 5.75 Å². The van der Waals surface area contributed by atoms with Gasteiger partial charge in [0, 0.05) is 16.8 Å². The SMILES string of the molecule is O=C(c1cccs1)C1C(c2ccccc2OCc2ccccc2)=NOC12C(=O)Nc1ccccc12. The van der Waals surface area contributed by atoms with Crippen LogP contribution in [-0.4, -0.2) is 17.4 Å². The minimum absolute atomic E-state index is 0.221. The van der Waals surface area contributed by atoms with Crippen LogP contribution in [0.2, 0.25) is 0 Å². The van der Waals surface area contributed by atoms with Crippen LogP contribution in [0.4, 0.5) is 5.69 Å². The van der Waals surface area contributed by atoms with Gasteiger partial charge in [0.25, 0.3) is 11.5 Å². The van der Waals surface area contributed by atoms with Gasteiger partial charge in [-0.3, -0.25) is 9.59 Å². The molecule has 172 valence electrons. The van der Waals surface area contributed by atoms with Gasteiger partial charge in [0.2, 0.25) is 0 Å². The van der Waals surface area contributed by atoms with Crippen LogP contribution < -0.4 is 10.1 Å². The lowest BCUT2D eigenvalue weighted by molar-refractivity contribution is -0.140. The van der Waals surface area contributed by atoms with E-state index in [2.05, 4.69) is 10.5 Å². The molecule has 6 rings (SSSR count). The molecule has 2 aliphatic rings. The monoisotopic (exact) mass is 480 g/mol. The third kappa shape index (κ3) is 3.43. The summed E-state index contributed by atoms with van der Waals surface area (Å²) in [5.74, 6) is -1.05. The summed E-state index contributed by atoms with van der Waals surface area (Å²) in [7, 11) is 0. The van der Waals surface area contributed by atoms with Gasteiger partial charge < -0.3 is 14.9 Å². The molecule has 1 amide bonds. The van der Waals surface area contributed by atoms with E-state index in [1.54, 1.807) is 18.2 Å². The minimum atomic E-state index is -1.58. The zero-order valence-electron chi connectivity index (χ0n) is 18.5. The molecule has 0 saturated heterocycles. The molecule has 0 saturated carbocycles. The molecule has 4 aromatic rings. The number of carbonyl (C=O) groups excluding carboxylic acids is 2. The summed E-state index contributed by atoms with van der Waals surface area (Å²) in [6.07, 6.45) is 0. The van der Waals surface area contributed by atoms with Crippen LogP contribution in [0.25, 0.3) is 0 Å². The standard InChI is InChI=1S/C28H20N2O4S/c31-26(23-15-8-16-35-23)24-25(30-34-28(24)20-12-5-6-13-21(20)29-27(28)32)19-11-4-7-14-22(19)33-17-18-9-2-1-3-10-18/h1-16,24H,17H2,(H,29,32). The number of hydrogen-bond acceptors (Lipinski definition) is 6. The molecule has 1 N–H and O–H groups in total. The lowest BCUT2D eigenvalue weighted by atomic mass is 9.75. The first-order valence-corrected chi connectivity index (χ1v) is 12.1. The molecule has 2 atom stereocenters. The predicted octanol–water partition coefficient (Wildman–Crippen LogP) is 5.41. The lowest BCUT2D eigenvalue weighted by Crippen LogP contribution is -2.46. The molecule has 6 nitrogen and oxygen atoms in total. The number of nitrogens with zero attached hydrogens (tertiary/aromatic N) is 1. The van der Waals surface area contributed by atoms with Crippen LogP contribution in [0.15, 0.2) is 102 Å². The fourth-order valence-electron chi connectivity index (χ4n) is 4.66. The number of rotatable bonds is 6. The molecule has 3 heterocycles. The molecule has 1 spiro atoms. The number of anilines is 1. The zero-order valence-corrected chi connectivity index (χ0v) is 19.3. The second kappa shape index (κ2) is 8.52. The number of ketones is 1. The lowest BCUT2D eigenvalue weighted by Gasteiger charge is -2.26. The Morgan fingerprint density at radius 1 is 0.971 bits per heavy atom. The Bertz CT molecular complexity index is 1450. The van der Waals surface area contributed by atoms with E-state index >= 15 is 0 Å². The van der Waals surface area contributed by atoms with E-state index in [1.807, 2.05) is 78.2 Å². The normalized spacial score (nSPS) is 20.2. The van der Waals surface area contributed by atoms with E-state index in [9.17, 15) is 9.59 Å². The Morgan fingerprint density at radius 3 is 2.57 bits per heavy atom. The minimum Gasteiger partial charge on any atom is -0.488 e. The van der Waals surface area contributed by atoms with Crippen LogP contribution in [0.1, 0.15) is 26.4 Å². The summed E-state index contributed by atoms with van der Waals surface area (Å²) in [5.41, 5.74) is 1.64. The molecule has 7 heteroatoms. The number of fused-ring (bicyclic) bond motifs is 2. The molecule has 0 aliphatic carbocycles. The summed E-state index contributed by atoms with van der Waals surface area (Å²) < 4.78 is 6.16. The van der Waals surface area contributed by atoms with E-state index in [-0.39, 0.29) is 5.78 Å². The number of nitrogens with one attached hydrogen (secondary N) is 1. The van der Waals surface area contributed by atoms with E-state index in [1.165, 1.54) is 11.3 Å². The number of amides is 1. The number of Topliss-reactive ketones (excluding diaryl/α,β-unsaturated/α-hetero) is 1. The van der Waals surface area contributed by atoms with Crippen molar-refractivity contribution in [2.24, 2.45) is 11.1 Å². The van der Waals surface area contributed by atoms with Crippen molar-refractivity contribution in [3.63, 3.8) is 0 Å². The van der Waals surface area contributed by atoms with Crippen molar-refractivity contribution in [2.75, 3.05) is 5.32 Å². The van der Waals surface area contributed by atoms with Gasteiger partial charge in [0.05, 0.1) is 4.88 Å². The third-order valence-electron chi connectivity index (χ3n) is 6.31. The van der Waals surface area contributed by atoms with E-state index < -0.39 is 17.4 Å².